The summed E-state index contributed by atoms with van der Waals surface area (Å²) in [5.41, 5.74) is -0.464. The summed E-state index contributed by atoms with van der Waals surface area (Å²) in [6.07, 6.45) is -0.318. The Labute approximate surface area is 139 Å². The van der Waals surface area contributed by atoms with Gasteiger partial charge in [0.2, 0.25) is 0 Å². The zero-order valence-corrected chi connectivity index (χ0v) is 15.9. The molecule has 20 heavy (non-hydrogen) atoms. The summed E-state index contributed by atoms with van der Waals surface area (Å²) in [6, 6.07) is 0.315. The highest BCUT2D eigenvalue weighted by atomic mass is 127. The molecular formula is C13H29IN4O2. The van der Waals surface area contributed by atoms with Gasteiger partial charge in [-0.15, -0.1) is 24.0 Å². The number of nitrogens with zero attached hydrogens (tertiary/aromatic N) is 2. The molecule has 0 saturated heterocycles. The molecule has 0 saturated carbocycles. The van der Waals surface area contributed by atoms with Crippen LogP contribution in [0.2, 0.25) is 0 Å². The largest absolute Gasteiger partial charge is 0.444 e. The second kappa shape index (κ2) is 10.1. The van der Waals surface area contributed by atoms with Gasteiger partial charge in [-0.1, -0.05) is 0 Å². The summed E-state index contributed by atoms with van der Waals surface area (Å²) in [5, 5.41) is 6.31. The van der Waals surface area contributed by atoms with E-state index in [-0.39, 0.29) is 30.1 Å². The predicted octanol–water partition coefficient (Wildman–Crippen LogP) is 2.04. The highest BCUT2D eigenvalue weighted by molar-refractivity contribution is 14.0. The Morgan fingerprint density at radius 2 is 1.90 bits per heavy atom. The zero-order chi connectivity index (χ0) is 15.1. The molecule has 0 aliphatic heterocycles. The Kier molecular flexibility index (Phi) is 10.9. The minimum absolute atomic E-state index is 0. The third-order valence-corrected chi connectivity index (χ3v) is 2.09. The van der Waals surface area contributed by atoms with Crippen molar-refractivity contribution in [1.82, 2.24) is 15.5 Å². The van der Waals surface area contributed by atoms with Gasteiger partial charge < -0.3 is 20.3 Å². The number of hydrogen-bond donors (Lipinski definition) is 2. The van der Waals surface area contributed by atoms with Crippen LogP contribution < -0.4 is 10.6 Å². The number of carbonyl (C=O) groups is 1. The average molecular weight is 400 g/mol. The smallest absolute Gasteiger partial charge is 0.410 e. The number of likely N-dealkylation sites (N-methyl/N-ethyl adjacent to an activating group) is 1. The number of halogens is 1. The van der Waals surface area contributed by atoms with Crippen molar-refractivity contribution in [1.29, 1.82) is 0 Å². The summed E-state index contributed by atoms with van der Waals surface area (Å²) in [5.74, 6) is 0.729. The highest BCUT2D eigenvalue weighted by Gasteiger charge is 2.19. The molecule has 120 valence electrons. The highest BCUT2D eigenvalue weighted by Crippen LogP contribution is 2.08. The van der Waals surface area contributed by atoms with Crippen LogP contribution >= 0.6 is 24.0 Å². The molecule has 1 amide bonds. The van der Waals surface area contributed by atoms with Crippen LogP contribution in [-0.2, 0) is 4.74 Å². The molecule has 0 aliphatic carbocycles. The molecule has 0 heterocycles. The first-order valence-corrected chi connectivity index (χ1v) is 6.57. The summed E-state index contributed by atoms with van der Waals surface area (Å²) in [4.78, 5) is 17.3. The minimum Gasteiger partial charge on any atom is -0.444 e. The van der Waals surface area contributed by atoms with Gasteiger partial charge >= 0.3 is 6.09 Å². The zero-order valence-electron chi connectivity index (χ0n) is 13.6. The van der Waals surface area contributed by atoms with Gasteiger partial charge in [-0.3, -0.25) is 4.99 Å². The Bertz CT molecular complexity index is 314. The fourth-order valence-corrected chi connectivity index (χ4v) is 1.24. The average Bonchev–Trinajstić information content (AvgIpc) is 2.24. The van der Waals surface area contributed by atoms with Crippen LogP contribution in [-0.4, -0.2) is 55.8 Å². The number of aliphatic imine (C=N–C) groups is 1. The summed E-state index contributed by atoms with van der Waals surface area (Å²) in [6.45, 7) is 10.8. The van der Waals surface area contributed by atoms with E-state index in [0.717, 1.165) is 5.96 Å². The molecule has 0 unspecified atom stereocenters. The van der Waals surface area contributed by atoms with Gasteiger partial charge in [0.05, 0.1) is 0 Å². The van der Waals surface area contributed by atoms with E-state index >= 15 is 0 Å². The number of nitrogens with one attached hydrogen (secondary N) is 2. The van der Waals surface area contributed by atoms with Crippen LogP contribution in [0.5, 0.6) is 0 Å². The maximum Gasteiger partial charge on any atom is 0.410 e. The molecule has 0 radical (unpaired) electrons. The molecule has 0 atom stereocenters. The van der Waals surface area contributed by atoms with Gasteiger partial charge in [0.1, 0.15) is 5.60 Å². The SMILES string of the molecule is CN=C(NCCN(C)C(=O)OC(C)(C)C)NC(C)C.I. The number of carbonyl (C=O) groups excluding carboxylic acids is 1. The molecule has 0 fully saturated rings. The van der Waals surface area contributed by atoms with E-state index in [1.165, 1.54) is 0 Å². The number of hydrogen-bond acceptors (Lipinski definition) is 3. The first kappa shape index (κ1) is 21.6. The molecule has 0 rings (SSSR count). The molecule has 0 bridgehead atoms. The van der Waals surface area contributed by atoms with E-state index in [4.69, 9.17) is 4.74 Å². The molecule has 0 aromatic heterocycles. The van der Waals surface area contributed by atoms with Crippen molar-refractivity contribution in [3.05, 3.63) is 0 Å². The van der Waals surface area contributed by atoms with E-state index < -0.39 is 5.60 Å². The topological polar surface area (TPSA) is 66.0 Å². The van der Waals surface area contributed by atoms with Gasteiger partial charge in [0.15, 0.2) is 5.96 Å². The predicted molar refractivity (Wildman–Crippen MR) is 93.9 cm³/mol. The Hall–Kier alpha value is -0.730. The fraction of sp³-hybridized carbons (Fsp3) is 0.846. The molecule has 7 heteroatoms. The van der Waals surface area contributed by atoms with Gasteiger partial charge in [-0.2, -0.15) is 0 Å². The summed E-state index contributed by atoms with van der Waals surface area (Å²) >= 11 is 0. The van der Waals surface area contributed by atoms with Crippen molar-refractivity contribution in [2.45, 2.75) is 46.3 Å². The van der Waals surface area contributed by atoms with Crippen molar-refractivity contribution in [3.8, 4) is 0 Å². The maximum absolute atomic E-state index is 11.7. The van der Waals surface area contributed by atoms with Gasteiger partial charge in [-0.25, -0.2) is 4.79 Å². The fourth-order valence-electron chi connectivity index (χ4n) is 1.24. The first-order chi connectivity index (χ1) is 8.65. The number of ether oxygens (including phenoxy) is 1. The summed E-state index contributed by atoms with van der Waals surface area (Å²) in [7, 11) is 3.43. The van der Waals surface area contributed by atoms with Gasteiger partial charge in [0.25, 0.3) is 0 Å². The van der Waals surface area contributed by atoms with Crippen molar-refractivity contribution in [2.24, 2.45) is 4.99 Å². The van der Waals surface area contributed by atoms with E-state index in [1.807, 2.05) is 34.6 Å². The standard InChI is InChI=1S/C13H28N4O2.HI/c1-10(2)16-11(14-6)15-8-9-17(7)12(18)19-13(3,4)5;/h10H,8-9H2,1-7H3,(H2,14,15,16);1H. The maximum atomic E-state index is 11.7. The Balaban J connectivity index is 0. The van der Waals surface area contributed by atoms with Crippen LogP contribution in [0.15, 0.2) is 4.99 Å². The Morgan fingerprint density at radius 3 is 2.30 bits per heavy atom. The van der Waals surface area contributed by atoms with Gasteiger partial charge in [0, 0.05) is 33.2 Å². The molecular weight excluding hydrogens is 371 g/mol. The van der Waals surface area contributed by atoms with Crippen LogP contribution in [0.4, 0.5) is 4.79 Å². The van der Waals surface area contributed by atoms with Crippen LogP contribution in [0.3, 0.4) is 0 Å². The van der Waals surface area contributed by atoms with Crippen molar-refractivity contribution in [2.75, 3.05) is 27.2 Å². The lowest BCUT2D eigenvalue weighted by molar-refractivity contribution is 0.0302. The van der Waals surface area contributed by atoms with E-state index in [2.05, 4.69) is 15.6 Å². The van der Waals surface area contributed by atoms with Crippen molar-refractivity contribution >= 4 is 36.0 Å². The van der Waals surface area contributed by atoms with Crippen LogP contribution in [0.1, 0.15) is 34.6 Å². The molecule has 2 N–H and O–H groups in total. The van der Waals surface area contributed by atoms with Crippen molar-refractivity contribution < 1.29 is 9.53 Å². The quantitative estimate of drug-likeness (QED) is 0.431. The lowest BCUT2D eigenvalue weighted by atomic mass is 10.2. The van der Waals surface area contributed by atoms with Gasteiger partial charge in [-0.05, 0) is 34.6 Å². The van der Waals surface area contributed by atoms with Crippen LogP contribution in [0, 0.1) is 0 Å². The molecule has 6 nitrogen and oxygen atoms in total. The third kappa shape index (κ3) is 11.1. The first-order valence-electron chi connectivity index (χ1n) is 6.57. The summed E-state index contributed by atoms with van der Waals surface area (Å²) < 4.78 is 5.26. The minimum atomic E-state index is -0.464. The lowest BCUT2D eigenvalue weighted by Gasteiger charge is -2.25. The monoisotopic (exact) mass is 400 g/mol. The van der Waals surface area contributed by atoms with E-state index in [9.17, 15) is 4.79 Å². The molecule has 0 aromatic rings. The number of guanidine groups is 1. The molecule has 0 aliphatic rings. The second-order valence-corrected chi connectivity index (χ2v) is 5.70. The Morgan fingerprint density at radius 1 is 1.35 bits per heavy atom. The van der Waals surface area contributed by atoms with E-state index in [0.29, 0.717) is 19.1 Å². The lowest BCUT2D eigenvalue weighted by Crippen LogP contribution is -2.44. The van der Waals surface area contributed by atoms with Crippen LogP contribution in [0.25, 0.3) is 0 Å². The molecule has 0 spiro atoms. The normalized spacial score (nSPS) is 11.7. The van der Waals surface area contributed by atoms with E-state index in [1.54, 1.807) is 19.0 Å². The number of amides is 1. The second-order valence-electron chi connectivity index (χ2n) is 5.70. The number of rotatable bonds is 4. The molecule has 0 aromatic carbocycles. The third-order valence-electron chi connectivity index (χ3n) is 2.09. The van der Waals surface area contributed by atoms with Crippen molar-refractivity contribution in [3.63, 3.8) is 0 Å².